The largest absolute Gasteiger partial charge is 0.442 e. The minimum absolute atomic E-state index is 0.123. The number of amides is 4. The van der Waals surface area contributed by atoms with Crippen molar-refractivity contribution in [2.45, 2.75) is 19.1 Å². The summed E-state index contributed by atoms with van der Waals surface area (Å²) in [6, 6.07) is 5.10. The molecule has 2 aliphatic heterocycles. The highest BCUT2D eigenvalue weighted by molar-refractivity contribution is 5.90. The van der Waals surface area contributed by atoms with E-state index in [0.717, 1.165) is 22.6 Å². The highest BCUT2D eigenvalue weighted by atomic mass is 19.3. The van der Waals surface area contributed by atoms with E-state index >= 15 is 8.78 Å². The predicted octanol–water partition coefficient (Wildman–Crippen LogP) is 1.60. The molecule has 38 heavy (non-hydrogen) atoms. The van der Waals surface area contributed by atoms with Crippen LogP contribution in [-0.4, -0.2) is 79.8 Å². The summed E-state index contributed by atoms with van der Waals surface area (Å²) < 4.78 is 59.9. The third-order valence-electron chi connectivity index (χ3n) is 5.90. The van der Waals surface area contributed by atoms with Gasteiger partial charge >= 0.3 is 18.5 Å². The Labute approximate surface area is 214 Å². The highest BCUT2D eigenvalue weighted by Crippen LogP contribution is 2.31. The Morgan fingerprint density at radius 3 is 2.61 bits per heavy atom. The van der Waals surface area contributed by atoms with Gasteiger partial charge in [0.2, 0.25) is 0 Å². The second kappa shape index (κ2) is 11.9. The third kappa shape index (κ3) is 6.40. The number of halogens is 4. The van der Waals surface area contributed by atoms with Crippen molar-refractivity contribution in [2.75, 3.05) is 49.1 Å². The Morgan fingerprint density at radius 2 is 1.92 bits per heavy atom. The first kappa shape index (κ1) is 26.9. The van der Waals surface area contributed by atoms with Crippen molar-refractivity contribution < 1.29 is 36.7 Å². The lowest BCUT2D eigenvalue weighted by atomic mass is 10.2. The molecule has 0 saturated carbocycles. The van der Waals surface area contributed by atoms with Gasteiger partial charge in [-0.3, -0.25) is 19.7 Å². The summed E-state index contributed by atoms with van der Waals surface area (Å²) >= 11 is 0. The first-order chi connectivity index (χ1) is 18.2. The zero-order valence-electron chi connectivity index (χ0n) is 20.0. The second-order valence-electron chi connectivity index (χ2n) is 8.49. The van der Waals surface area contributed by atoms with E-state index < -0.39 is 42.2 Å². The molecule has 3 N–H and O–H groups in total. The molecule has 3 heterocycles. The van der Waals surface area contributed by atoms with E-state index in [4.69, 9.17) is 4.74 Å². The number of aromatic nitrogens is 1. The summed E-state index contributed by atoms with van der Waals surface area (Å²) in [5.74, 6) is -3.38. The summed E-state index contributed by atoms with van der Waals surface area (Å²) in [4.78, 5) is 42.1. The molecule has 2 aliphatic rings. The molecule has 204 valence electrons. The van der Waals surface area contributed by atoms with E-state index in [1.54, 1.807) is 18.5 Å². The molecule has 0 bridgehead atoms. The number of carbonyl (C=O) groups excluding carboxylic acids is 3. The average molecular weight is 539 g/mol. The fraction of sp³-hybridized carbons (Fsp3) is 0.391. The molecule has 0 spiro atoms. The molecular weight excluding hydrogens is 514 g/mol. The Morgan fingerprint density at radius 1 is 1.16 bits per heavy atom. The number of nitrogens with zero attached hydrogens (tertiary/aromatic N) is 4. The monoisotopic (exact) mass is 539 g/mol. The van der Waals surface area contributed by atoms with E-state index in [-0.39, 0.29) is 57.2 Å². The number of hydrazine groups is 1. The number of nitrogens with one attached hydrogen (secondary N) is 3. The van der Waals surface area contributed by atoms with Crippen LogP contribution in [0.1, 0.15) is 5.56 Å². The molecule has 1 atom stereocenters. The van der Waals surface area contributed by atoms with Crippen molar-refractivity contribution in [1.29, 1.82) is 0 Å². The van der Waals surface area contributed by atoms with Crippen molar-refractivity contribution in [1.82, 2.24) is 26.1 Å². The zero-order chi connectivity index (χ0) is 27.2. The summed E-state index contributed by atoms with van der Waals surface area (Å²) in [5, 5.41) is 6.01. The van der Waals surface area contributed by atoms with Crippen LogP contribution in [0.2, 0.25) is 0 Å². The van der Waals surface area contributed by atoms with Crippen LogP contribution in [0.5, 0.6) is 0 Å². The van der Waals surface area contributed by atoms with Gasteiger partial charge in [0, 0.05) is 50.7 Å². The summed E-state index contributed by atoms with van der Waals surface area (Å²) in [6.07, 6.45) is -1.88. The fourth-order valence-electron chi connectivity index (χ4n) is 4.04. The number of anilines is 2. The maximum absolute atomic E-state index is 15.1. The molecule has 2 fully saturated rings. The molecule has 4 rings (SSSR count). The van der Waals surface area contributed by atoms with Crippen LogP contribution in [0.3, 0.4) is 0 Å². The molecule has 15 heteroatoms. The number of carbonyl (C=O) groups is 3. The topological polar surface area (TPSA) is 119 Å². The molecular formula is C23H25F4N7O4. The Bertz CT molecular complexity index is 1150. The second-order valence-corrected chi connectivity index (χ2v) is 8.49. The quantitative estimate of drug-likeness (QED) is 0.458. The number of hydrogen-bond donors (Lipinski definition) is 3. The van der Waals surface area contributed by atoms with E-state index in [1.807, 2.05) is 11.4 Å². The SMILES string of the molecule is O=C(NC[C@H]1CN(c2cc(F)c(N3CCNN(C(=O)NCc4cccnc4)CC3)c(F)c2)C(=O)O1)C(F)F. The number of alkyl halides is 2. The molecule has 11 nitrogen and oxygen atoms in total. The molecule has 0 radical (unpaired) electrons. The maximum atomic E-state index is 15.1. The van der Waals surface area contributed by atoms with Crippen molar-refractivity contribution >= 4 is 29.4 Å². The average Bonchev–Trinajstić information content (AvgIpc) is 3.10. The fourth-order valence-corrected chi connectivity index (χ4v) is 4.04. The van der Waals surface area contributed by atoms with Crippen molar-refractivity contribution in [2.24, 2.45) is 0 Å². The molecule has 2 aromatic rings. The standard InChI is InChI=1S/C23H25F4N7O4/c24-17-8-15(33-13-16(38-23(33)37)12-29-21(35)20(26)27)9-18(25)19(17)32-5-4-31-34(7-6-32)22(36)30-11-14-2-1-3-28-10-14/h1-3,8-10,16,20,31H,4-7,11-13H2,(H,29,35)(H,30,36)/t16-/m0/s1. The van der Waals surface area contributed by atoms with Gasteiger partial charge in [0.25, 0.3) is 5.91 Å². The zero-order valence-corrected chi connectivity index (χ0v) is 20.0. The van der Waals surface area contributed by atoms with Crippen LogP contribution in [0, 0.1) is 11.6 Å². The number of cyclic esters (lactones) is 1. The van der Waals surface area contributed by atoms with Gasteiger partial charge in [-0.05, 0) is 11.6 Å². The number of benzene rings is 1. The predicted molar refractivity (Wildman–Crippen MR) is 126 cm³/mol. The van der Waals surface area contributed by atoms with Crippen molar-refractivity contribution in [3.05, 3.63) is 53.9 Å². The van der Waals surface area contributed by atoms with E-state index in [9.17, 15) is 23.2 Å². The molecule has 1 aromatic carbocycles. The van der Waals surface area contributed by atoms with E-state index in [1.165, 1.54) is 9.91 Å². The van der Waals surface area contributed by atoms with Gasteiger partial charge in [-0.25, -0.2) is 23.8 Å². The lowest BCUT2D eigenvalue weighted by Crippen LogP contribution is -2.48. The van der Waals surface area contributed by atoms with Gasteiger partial charge in [-0.2, -0.15) is 8.78 Å². The van der Waals surface area contributed by atoms with Gasteiger partial charge in [0.1, 0.15) is 11.8 Å². The number of rotatable bonds is 7. The van der Waals surface area contributed by atoms with Crippen LogP contribution in [0.4, 0.5) is 38.5 Å². The molecule has 0 unspecified atom stereocenters. The van der Waals surface area contributed by atoms with Gasteiger partial charge in [0.05, 0.1) is 25.3 Å². The van der Waals surface area contributed by atoms with E-state index in [0.29, 0.717) is 0 Å². The lowest BCUT2D eigenvalue weighted by molar-refractivity contribution is -0.132. The Kier molecular flexibility index (Phi) is 8.45. The Balaban J connectivity index is 1.36. The molecule has 2 saturated heterocycles. The summed E-state index contributed by atoms with van der Waals surface area (Å²) in [6.45, 7) is 0.362. The Hall–Kier alpha value is -4.14. The minimum atomic E-state index is -3.22. The smallest absolute Gasteiger partial charge is 0.414 e. The number of urea groups is 1. The van der Waals surface area contributed by atoms with Gasteiger partial charge in [-0.15, -0.1) is 0 Å². The van der Waals surface area contributed by atoms with Crippen LogP contribution in [0.25, 0.3) is 0 Å². The summed E-state index contributed by atoms with van der Waals surface area (Å²) in [5.41, 5.74) is 3.29. The lowest BCUT2D eigenvalue weighted by Gasteiger charge is -2.25. The first-order valence-electron chi connectivity index (χ1n) is 11.7. The normalized spacial score (nSPS) is 17.9. The van der Waals surface area contributed by atoms with Crippen molar-refractivity contribution in [3.8, 4) is 0 Å². The summed E-state index contributed by atoms with van der Waals surface area (Å²) in [7, 11) is 0. The third-order valence-corrected chi connectivity index (χ3v) is 5.90. The van der Waals surface area contributed by atoms with E-state index in [2.05, 4.69) is 15.7 Å². The highest BCUT2D eigenvalue weighted by Gasteiger charge is 2.34. The molecule has 4 amide bonds. The maximum Gasteiger partial charge on any atom is 0.414 e. The van der Waals surface area contributed by atoms with Crippen LogP contribution in [-0.2, 0) is 16.1 Å². The number of hydrogen-bond acceptors (Lipinski definition) is 7. The number of pyridine rings is 1. The van der Waals surface area contributed by atoms with Gasteiger partial charge in [0.15, 0.2) is 11.6 Å². The van der Waals surface area contributed by atoms with Crippen LogP contribution >= 0.6 is 0 Å². The molecule has 1 aromatic heterocycles. The first-order valence-corrected chi connectivity index (χ1v) is 11.7. The van der Waals surface area contributed by atoms with Gasteiger partial charge < -0.3 is 20.3 Å². The van der Waals surface area contributed by atoms with Gasteiger partial charge in [-0.1, -0.05) is 6.07 Å². The number of ether oxygens (including phenoxy) is 1. The van der Waals surface area contributed by atoms with Crippen LogP contribution < -0.4 is 25.9 Å². The van der Waals surface area contributed by atoms with Crippen LogP contribution in [0.15, 0.2) is 36.7 Å². The van der Waals surface area contributed by atoms with Crippen molar-refractivity contribution in [3.63, 3.8) is 0 Å². The molecule has 0 aliphatic carbocycles. The minimum Gasteiger partial charge on any atom is -0.442 e.